The second-order valence-corrected chi connectivity index (χ2v) is 8.13. The number of rotatable bonds is 1. The van der Waals surface area contributed by atoms with Gasteiger partial charge in [-0.1, -0.05) is 97.1 Å². The minimum atomic E-state index is 1.27. The van der Waals surface area contributed by atoms with Crippen LogP contribution in [-0.2, 0) is 0 Å². The number of fused-ring (bicyclic) bond motifs is 7. The molecule has 1 aliphatic carbocycles. The minimum Gasteiger partial charge on any atom is -0.0622 e. The molecule has 0 aliphatic heterocycles. The molecule has 0 amide bonds. The van der Waals surface area contributed by atoms with Gasteiger partial charge in [-0.15, -0.1) is 0 Å². The maximum Gasteiger partial charge on any atom is -0.00199 e. The Hall–Kier alpha value is -3.90. The number of hydrogen-bond acceptors (Lipinski definition) is 0. The van der Waals surface area contributed by atoms with Crippen molar-refractivity contribution in [3.63, 3.8) is 0 Å². The van der Waals surface area contributed by atoms with Crippen molar-refractivity contribution in [1.82, 2.24) is 0 Å². The molecule has 0 unspecified atom stereocenters. The van der Waals surface area contributed by atoms with Crippen molar-refractivity contribution in [1.29, 1.82) is 0 Å². The van der Waals surface area contributed by atoms with Gasteiger partial charge in [0.15, 0.2) is 0 Å². The van der Waals surface area contributed by atoms with Gasteiger partial charge >= 0.3 is 0 Å². The van der Waals surface area contributed by atoms with Crippen molar-refractivity contribution in [2.45, 2.75) is 0 Å². The Labute approximate surface area is 175 Å². The van der Waals surface area contributed by atoms with Crippen molar-refractivity contribution in [3.05, 3.63) is 109 Å². The van der Waals surface area contributed by atoms with E-state index in [9.17, 15) is 0 Å². The summed E-state index contributed by atoms with van der Waals surface area (Å²) < 4.78 is 0. The van der Waals surface area contributed by atoms with Crippen LogP contribution < -0.4 is 0 Å². The zero-order valence-electron chi connectivity index (χ0n) is 16.4. The molecular weight excluding hydrogens is 360 g/mol. The molecule has 1 aliphatic rings. The largest absolute Gasteiger partial charge is 0.0622 e. The van der Waals surface area contributed by atoms with E-state index in [0.29, 0.717) is 0 Å². The number of hydrogen-bond donors (Lipinski definition) is 0. The lowest BCUT2D eigenvalue weighted by atomic mass is 9.89. The molecule has 0 saturated heterocycles. The standard InChI is InChI=1S/C30H18/c1-2-9-19(10-3-1)26-17-28-25-16-8-15-24-20-11-4-7-14-23(20)29(30(24)25)18-27(28)22-13-6-5-12-21(22)26/h1-18H. The maximum atomic E-state index is 2.42. The molecule has 0 N–H and O–H groups in total. The van der Waals surface area contributed by atoms with Crippen LogP contribution in [0.25, 0.3) is 65.7 Å². The molecule has 0 saturated carbocycles. The second kappa shape index (κ2) is 5.81. The molecule has 0 fully saturated rings. The van der Waals surface area contributed by atoms with Gasteiger partial charge in [0.1, 0.15) is 0 Å². The Morgan fingerprint density at radius 2 is 0.867 bits per heavy atom. The van der Waals surface area contributed by atoms with E-state index < -0.39 is 0 Å². The van der Waals surface area contributed by atoms with Gasteiger partial charge in [0.05, 0.1) is 0 Å². The molecule has 0 atom stereocenters. The quantitative estimate of drug-likeness (QED) is 0.251. The molecule has 0 heteroatoms. The third kappa shape index (κ3) is 2.00. The Bertz CT molecular complexity index is 1620. The van der Waals surface area contributed by atoms with Crippen molar-refractivity contribution >= 4 is 32.3 Å². The maximum absolute atomic E-state index is 2.42. The Morgan fingerprint density at radius 3 is 1.70 bits per heavy atom. The van der Waals surface area contributed by atoms with Gasteiger partial charge in [-0.05, 0) is 77.8 Å². The molecule has 0 bridgehead atoms. The fraction of sp³-hybridized carbons (Fsp3) is 0. The van der Waals surface area contributed by atoms with Crippen molar-refractivity contribution < 1.29 is 0 Å². The lowest BCUT2D eigenvalue weighted by Crippen LogP contribution is -1.87. The Balaban J connectivity index is 1.72. The molecule has 0 nitrogen and oxygen atoms in total. The van der Waals surface area contributed by atoms with Crippen molar-refractivity contribution in [2.75, 3.05) is 0 Å². The van der Waals surface area contributed by atoms with E-state index in [1.54, 1.807) is 0 Å². The molecule has 0 radical (unpaired) electrons. The van der Waals surface area contributed by atoms with Gasteiger partial charge in [-0.3, -0.25) is 0 Å². The summed E-state index contributed by atoms with van der Waals surface area (Å²) in [5.74, 6) is 0. The van der Waals surface area contributed by atoms with Crippen LogP contribution in [0.5, 0.6) is 0 Å². The summed E-state index contributed by atoms with van der Waals surface area (Å²) in [5, 5.41) is 8.04. The first kappa shape index (κ1) is 16.0. The summed E-state index contributed by atoms with van der Waals surface area (Å²) in [6.45, 7) is 0. The zero-order valence-corrected chi connectivity index (χ0v) is 16.4. The topological polar surface area (TPSA) is 0 Å². The van der Waals surface area contributed by atoms with Crippen LogP contribution in [0.1, 0.15) is 0 Å². The molecule has 0 spiro atoms. The predicted octanol–water partition coefficient (Wildman–Crippen LogP) is 8.46. The summed E-state index contributed by atoms with van der Waals surface area (Å²) in [4.78, 5) is 0. The second-order valence-electron chi connectivity index (χ2n) is 8.13. The first-order valence-electron chi connectivity index (χ1n) is 10.5. The average Bonchev–Trinajstić information content (AvgIpc) is 3.14. The molecule has 0 aromatic heterocycles. The van der Waals surface area contributed by atoms with Gasteiger partial charge < -0.3 is 0 Å². The summed E-state index contributed by atoms with van der Waals surface area (Å²) >= 11 is 0. The lowest BCUT2D eigenvalue weighted by Gasteiger charge is -2.14. The zero-order chi connectivity index (χ0) is 19.7. The van der Waals surface area contributed by atoms with E-state index in [1.165, 1.54) is 65.7 Å². The SMILES string of the molecule is c1ccc(-c2cc3c4cccc5c4c(cc3c3ccccc23)-c2ccccc2-5)cc1. The summed E-state index contributed by atoms with van der Waals surface area (Å²) in [6.07, 6.45) is 0. The van der Waals surface area contributed by atoms with Gasteiger partial charge in [0.2, 0.25) is 0 Å². The normalized spacial score (nSPS) is 12.0. The third-order valence-electron chi connectivity index (χ3n) is 6.59. The number of benzene rings is 6. The van der Waals surface area contributed by atoms with Crippen LogP contribution in [0.3, 0.4) is 0 Å². The van der Waals surface area contributed by atoms with Crippen LogP contribution in [0.15, 0.2) is 109 Å². The lowest BCUT2D eigenvalue weighted by molar-refractivity contribution is 1.67. The summed E-state index contributed by atoms with van der Waals surface area (Å²) in [5.41, 5.74) is 7.98. The van der Waals surface area contributed by atoms with E-state index in [2.05, 4.69) is 109 Å². The Morgan fingerprint density at radius 1 is 0.300 bits per heavy atom. The molecule has 6 aromatic carbocycles. The molecule has 6 aromatic rings. The first-order chi connectivity index (χ1) is 14.9. The molecule has 7 rings (SSSR count). The summed E-state index contributed by atoms with van der Waals surface area (Å²) in [6, 6.07) is 40.0. The van der Waals surface area contributed by atoms with Gasteiger partial charge in [0, 0.05) is 0 Å². The van der Waals surface area contributed by atoms with E-state index >= 15 is 0 Å². The van der Waals surface area contributed by atoms with Crippen LogP contribution >= 0.6 is 0 Å². The molecular formula is C30H18. The van der Waals surface area contributed by atoms with Crippen LogP contribution in [0.4, 0.5) is 0 Å². The van der Waals surface area contributed by atoms with Crippen LogP contribution in [0.2, 0.25) is 0 Å². The van der Waals surface area contributed by atoms with Crippen molar-refractivity contribution in [3.8, 4) is 33.4 Å². The van der Waals surface area contributed by atoms with E-state index in [4.69, 9.17) is 0 Å². The molecule has 138 valence electrons. The minimum absolute atomic E-state index is 1.27. The molecule has 0 heterocycles. The van der Waals surface area contributed by atoms with Gasteiger partial charge in [-0.2, -0.15) is 0 Å². The average molecular weight is 378 g/mol. The predicted molar refractivity (Wildman–Crippen MR) is 129 cm³/mol. The smallest absolute Gasteiger partial charge is 0.00199 e. The van der Waals surface area contributed by atoms with E-state index in [0.717, 1.165) is 0 Å². The van der Waals surface area contributed by atoms with Gasteiger partial charge in [0.25, 0.3) is 0 Å². The Kier molecular flexibility index (Phi) is 3.09. The van der Waals surface area contributed by atoms with E-state index in [-0.39, 0.29) is 0 Å². The van der Waals surface area contributed by atoms with E-state index in [1.807, 2.05) is 0 Å². The fourth-order valence-corrected chi connectivity index (χ4v) is 5.31. The highest BCUT2D eigenvalue weighted by atomic mass is 14.3. The van der Waals surface area contributed by atoms with Crippen LogP contribution in [-0.4, -0.2) is 0 Å². The molecule has 30 heavy (non-hydrogen) atoms. The van der Waals surface area contributed by atoms with Gasteiger partial charge in [-0.25, -0.2) is 0 Å². The highest BCUT2D eigenvalue weighted by Gasteiger charge is 2.23. The summed E-state index contributed by atoms with van der Waals surface area (Å²) in [7, 11) is 0. The monoisotopic (exact) mass is 378 g/mol. The van der Waals surface area contributed by atoms with Crippen LogP contribution in [0, 0.1) is 0 Å². The fourth-order valence-electron chi connectivity index (χ4n) is 5.31. The highest BCUT2D eigenvalue weighted by molar-refractivity contribution is 6.28. The highest BCUT2D eigenvalue weighted by Crippen LogP contribution is 2.50. The first-order valence-corrected chi connectivity index (χ1v) is 10.5. The van der Waals surface area contributed by atoms with Crippen molar-refractivity contribution in [2.24, 2.45) is 0 Å². The third-order valence-corrected chi connectivity index (χ3v) is 6.59.